The minimum Gasteiger partial charge on any atom is -0.477 e. The molecule has 2 heterocycles. The van der Waals surface area contributed by atoms with Crippen LogP contribution >= 0.6 is 0 Å². The quantitative estimate of drug-likeness (QED) is 0.631. The van der Waals surface area contributed by atoms with Crippen LogP contribution in [0.5, 0.6) is 0 Å². The zero-order valence-electron chi connectivity index (χ0n) is 14.6. The highest BCUT2D eigenvalue weighted by atomic mass is 16.4. The summed E-state index contributed by atoms with van der Waals surface area (Å²) < 4.78 is 0. The molecule has 2 unspecified atom stereocenters. The van der Waals surface area contributed by atoms with Crippen LogP contribution in [0.2, 0.25) is 0 Å². The third-order valence-electron chi connectivity index (χ3n) is 4.45. The van der Waals surface area contributed by atoms with Crippen molar-refractivity contribution in [3.8, 4) is 0 Å². The number of aromatic amines is 1. The molecule has 2 atom stereocenters. The van der Waals surface area contributed by atoms with Crippen LogP contribution in [0.25, 0.3) is 11.0 Å². The standard InChI is InChI=1S/C19H20N4O3/c1-3-11(2)16(17-21-13-6-4-5-7-14(13)22-17)23-18(24)12-8-9-15(19(25)26)20-10-12/h4-11,16H,3H2,1-2H3,(H,21,22)(H,23,24)(H,25,26). The van der Waals surface area contributed by atoms with Crippen molar-refractivity contribution in [1.82, 2.24) is 20.3 Å². The molecular weight excluding hydrogens is 332 g/mol. The maximum absolute atomic E-state index is 12.6. The summed E-state index contributed by atoms with van der Waals surface area (Å²) in [5.41, 5.74) is 1.96. The fourth-order valence-electron chi connectivity index (χ4n) is 2.71. The van der Waals surface area contributed by atoms with E-state index in [2.05, 4.69) is 27.2 Å². The molecule has 26 heavy (non-hydrogen) atoms. The van der Waals surface area contributed by atoms with Gasteiger partial charge in [-0.3, -0.25) is 4.79 Å². The van der Waals surface area contributed by atoms with E-state index in [1.54, 1.807) is 0 Å². The lowest BCUT2D eigenvalue weighted by atomic mass is 9.98. The molecule has 3 rings (SSSR count). The second kappa shape index (κ2) is 7.35. The van der Waals surface area contributed by atoms with E-state index in [-0.39, 0.29) is 23.6 Å². The Hall–Kier alpha value is -3.22. The van der Waals surface area contributed by atoms with Gasteiger partial charge in [-0.15, -0.1) is 0 Å². The minimum atomic E-state index is -1.13. The van der Waals surface area contributed by atoms with Crippen molar-refractivity contribution in [2.24, 2.45) is 5.92 Å². The molecule has 0 saturated heterocycles. The highest BCUT2D eigenvalue weighted by molar-refractivity contribution is 5.95. The van der Waals surface area contributed by atoms with Crippen molar-refractivity contribution in [2.75, 3.05) is 0 Å². The Bertz CT molecular complexity index is 900. The fourth-order valence-corrected chi connectivity index (χ4v) is 2.71. The molecule has 0 spiro atoms. The van der Waals surface area contributed by atoms with Crippen LogP contribution in [-0.4, -0.2) is 31.9 Å². The lowest BCUT2D eigenvalue weighted by Crippen LogP contribution is -2.33. The number of fused-ring (bicyclic) bond motifs is 1. The van der Waals surface area contributed by atoms with Gasteiger partial charge in [0, 0.05) is 6.20 Å². The molecule has 0 fully saturated rings. The lowest BCUT2D eigenvalue weighted by molar-refractivity contribution is 0.0689. The third kappa shape index (κ3) is 3.56. The highest BCUT2D eigenvalue weighted by Crippen LogP contribution is 2.25. The molecule has 7 heteroatoms. The Balaban J connectivity index is 1.86. The summed E-state index contributed by atoms with van der Waals surface area (Å²) in [4.78, 5) is 35.2. The number of nitrogens with one attached hydrogen (secondary N) is 2. The van der Waals surface area contributed by atoms with E-state index in [4.69, 9.17) is 5.11 Å². The number of H-pyrrole nitrogens is 1. The molecule has 0 aliphatic heterocycles. The number of nitrogens with zero attached hydrogens (tertiary/aromatic N) is 2. The number of para-hydroxylation sites is 2. The number of amides is 1. The number of pyridine rings is 1. The van der Waals surface area contributed by atoms with Crippen LogP contribution in [0.15, 0.2) is 42.6 Å². The van der Waals surface area contributed by atoms with Crippen LogP contribution in [-0.2, 0) is 0 Å². The van der Waals surface area contributed by atoms with Crippen molar-refractivity contribution in [3.63, 3.8) is 0 Å². The van der Waals surface area contributed by atoms with Crippen LogP contribution in [0.4, 0.5) is 0 Å². The average molecular weight is 352 g/mol. The summed E-state index contributed by atoms with van der Waals surface area (Å²) in [7, 11) is 0. The van der Waals surface area contributed by atoms with Gasteiger partial charge in [0.25, 0.3) is 5.91 Å². The smallest absolute Gasteiger partial charge is 0.354 e. The summed E-state index contributed by atoms with van der Waals surface area (Å²) in [6, 6.07) is 10.2. The number of benzene rings is 1. The van der Waals surface area contributed by atoms with Crippen LogP contribution in [0.1, 0.15) is 53.0 Å². The number of aromatic carboxylic acids is 1. The lowest BCUT2D eigenvalue weighted by Gasteiger charge is -2.22. The Morgan fingerprint density at radius 2 is 2.00 bits per heavy atom. The predicted octanol–water partition coefficient (Wildman–Crippen LogP) is 3.17. The first-order valence-electron chi connectivity index (χ1n) is 8.44. The van der Waals surface area contributed by atoms with Gasteiger partial charge in [0.1, 0.15) is 11.5 Å². The molecule has 2 aromatic heterocycles. The number of hydrogen-bond acceptors (Lipinski definition) is 4. The van der Waals surface area contributed by atoms with Crippen LogP contribution in [0.3, 0.4) is 0 Å². The normalized spacial score (nSPS) is 13.3. The molecular formula is C19H20N4O3. The average Bonchev–Trinajstić information content (AvgIpc) is 3.09. The fraction of sp³-hybridized carbons (Fsp3) is 0.263. The molecule has 7 nitrogen and oxygen atoms in total. The molecule has 1 amide bonds. The van der Waals surface area contributed by atoms with Gasteiger partial charge in [-0.25, -0.2) is 14.8 Å². The predicted molar refractivity (Wildman–Crippen MR) is 97.0 cm³/mol. The maximum atomic E-state index is 12.6. The maximum Gasteiger partial charge on any atom is 0.354 e. The number of carboxylic acid groups (broad SMARTS) is 1. The summed E-state index contributed by atoms with van der Waals surface area (Å²) in [5, 5.41) is 11.9. The summed E-state index contributed by atoms with van der Waals surface area (Å²) in [5.74, 6) is -0.591. The molecule has 0 saturated carbocycles. The molecule has 1 aromatic carbocycles. The van der Waals surface area contributed by atoms with Crippen molar-refractivity contribution >= 4 is 22.9 Å². The SMILES string of the molecule is CCC(C)C(NC(=O)c1ccc(C(=O)O)nc1)c1nc2ccccc2[nH]1. The molecule has 0 bridgehead atoms. The minimum absolute atomic E-state index is 0.0997. The number of carbonyl (C=O) groups excluding carboxylic acids is 1. The summed E-state index contributed by atoms with van der Waals surface area (Å²) in [6.07, 6.45) is 2.13. The number of rotatable bonds is 6. The van der Waals surface area contributed by atoms with Crippen LogP contribution < -0.4 is 5.32 Å². The second-order valence-corrected chi connectivity index (χ2v) is 6.21. The number of carbonyl (C=O) groups is 2. The second-order valence-electron chi connectivity index (χ2n) is 6.21. The number of hydrogen-bond donors (Lipinski definition) is 3. The van der Waals surface area contributed by atoms with Gasteiger partial charge in [-0.2, -0.15) is 0 Å². The van der Waals surface area contributed by atoms with E-state index in [0.29, 0.717) is 11.4 Å². The van der Waals surface area contributed by atoms with Gasteiger partial charge < -0.3 is 15.4 Å². The van der Waals surface area contributed by atoms with Gasteiger partial charge in [0.05, 0.1) is 22.6 Å². The van der Waals surface area contributed by atoms with E-state index >= 15 is 0 Å². The van der Waals surface area contributed by atoms with Crippen molar-refractivity contribution < 1.29 is 14.7 Å². The van der Waals surface area contributed by atoms with Gasteiger partial charge in [0.15, 0.2) is 0 Å². The molecule has 0 aliphatic rings. The van der Waals surface area contributed by atoms with Crippen LogP contribution in [0, 0.1) is 5.92 Å². The molecule has 0 radical (unpaired) electrons. The summed E-state index contributed by atoms with van der Waals surface area (Å²) >= 11 is 0. The molecule has 3 aromatic rings. The van der Waals surface area contributed by atoms with E-state index in [1.807, 2.05) is 31.2 Å². The topological polar surface area (TPSA) is 108 Å². The van der Waals surface area contributed by atoms with Crippen molar-refractivity contribution in [1.29, 1.82) is 0 Å². The van der Waals surface area contributed by atoms with Gasteiger partial charge in [0.2, 0.25) is 0 Å². The Labute approximate surface area is 150 Å². The van der Waals surface area contributed by atoms with Gasteiger partial charge in [-0.05, 0) is 30.2 Å². The third-order valence-corrected chi connectivity index (χ3v) is 4.45. The first-order valence-corrected chi connectivity index (χ1v) is 8.44. The number of carboxylic acids is 1. The van der Waals surface area contributed by atoms with Crippen molar-refractivity contribution in [2.45, 2.75) is 26.3 Å². The van der Waals surface area contributed by atoms with Gasteiger partial charge in [-0.1, -0.05) is 32.4 Å². The van der Waals surface area contributed by atoms with Crippen molar-refractivity contribution in [3.05, 3.63) is 59.7 Å². The molecule has 3 N–H and O–H groups in total. The first kappa shape index (κ1) is 17.6. The van der Waals surface area contributed by atoms with Gasteiger partial charge >= 0.3 is 5.97 Å². The van der Waals surface area contributed by atoms with E-state index in [9.17, 15) is 9.59 Å². The Morgan fingerprint density at radius 1 is 1.23 bits per heavy atom. The van der Waals surface area contributed by atoms with E-state index in [1.165, 1.54) is 18.3 Å². The Kier molecular flexibility index (Phi) is 4.97. The summed E-state index contributed by atoms with van der Waals surface area (Å²) in [6.45, 7) is 4.10. The first-order chi connectivity index (χ1) is 12.5. The molecule has 0 aliphatic carbocycles. The molecule has 134 valence electrons. The Morgan fingerprint density at radius 3 is 2.62 bits per heavy atom. The number of imidazole rings is 1. The zero-order valence-corrected chi connectivity index (χ0v) is 14.6. The largest absolute Gasteiger partial charge is 0.477 e. The van der Waals surface area contributed by atoms with E-state index < -0.39 is 5.97 Å². The monoisotopic (exact) mass is 352 g/mol. The number of aromatic nitrogens is 3. The zero-order chi connectivity index (χ0) is 18.7. The van der Waals surface area contributed by atoms with E-state index in [0.717, 1.165) is 17.5 Å². The highest BCUT2D eigenvalue weighted by Gasteiger charge is 2.24.